The summed E-state index contributed by atoms with van der Waals surface area (Å²) >= 11 is 0. The number of rotatable bonds is 5. The number of hydrogen-bond donors (Lipinski definition) is 1. The number of carbonyl (C=O) groups excluding carboxylic acids is 3. The predicted octanol–water partition coefficient (Wildman–Crippen LogP) is 2.42. The number of aryl methyl sites for hydroxylation is 2. The van der Waals surface area contributed by atoms with Gasteiger partial charge in [-0.15, -0.1) is 0 Å². The lowest BCUT2D eigenvalue weighted by molar-refractivity contribution is -0.136. The smallest absolute Gasteiger partial charge is 0.409 e. The molecular formula is C23H32N6O5. The molecule has 1 saturated heterocycles. The number of nitrogens with one attached hydrogen (secondary N) is 1. The standard InChI is InChI=1S/C23H32N6O5/c1-5-33-23(32)28-10-8-27(9-11-28)22(31)16(4)29-13-18(15(3)25-29)24-21(30)20-17-12-14(2)6-7-19(17)34-26-20/h13-14,16H,5-12H2,1-4H3,(H,24,30). The SMILES string of the molecule is CCOC(=O)N1CCN(C(=O)C(C)n2cc(NC(=O)c3noc4c3CC(C)CC4)c(C)n2)CC1. The van der Waals surface area contributed by atoms with Crippen LogP contribution in [0.5, 0.6) is 0 Å². The van der Waals surface area contributed by atoms with Crippen molar-refractivity contribution in [3.63, 3.8) is 0 Å². The molecule has 4 rings (SSSR count). The molecule has 1 N–H and O–H groups in total. The van der Waals surface area contributed by atoms with E-state index in [2.05, 4.69) is 22.5 Å². The molecule has 2 unspecified atom stereocenters. The van der Waals surface area contributed by atoms with Crippen LogP contribution in [0.4, 0.5) is 10.5 Å². The minimum atomic E-state index is -0.556. The van der Waals surface area contributed by atoms with E-state index < -0.39 is 6.04 Å². The molecule has 3 amide bonds. The molecule has 0 aromatic carbocycles. The summed E-state index contributed by atoms with van der Waals surface area (Å²) in [5, 5.41) is 11.3. The van der Waals surface area contributed by atoms with Gasteiger partial charge in [-0.1, -0.05) is 12.1 Å². The summed E-state index contributed by atoms with van der Waals surface area (Å²) in [5.74, 6) is 0.839. The Hall–Kier alpha value is -3.37. The summed E-state index contributed by atoms with van der Waals surface area (Å²) in [6.07, 6.45) is 3.91. The van der Waals surface area contributed by atoms with E-state index in [1.807, 2.05) is 0 Å². The minimum absolute atomic E-state index is 0.0940. The first-order chi connectivity index (χ1) is 16.3. The van der Waals surface area contributed by atoms with Crippen LogP contribution in [0.15, 0.2) is 10.7 Å². The zero-order chi connectivity index (χ0) is 24.4. The van der Waals surface area contributed by atoms with E-state index in [0.717, 1.165) is 30.6 Å². The summed E-state index contributed by atoms with van der Waals surface area (Å²) in [6, 6.07) is -0.556. The first-order valence-electron chi connectivity index (χ1n) is 11.8. The maximum atomic E-state index is 13.0. The van der Waals surface area contributed by atoms with Gasteiger partial charge < -0.3 is 24.4 Å². The van der Waals surface area contributed by atoms with E-state index in [9.17, 15) is 14.4 Å². The molecule has 1 aliphatic carbocycles. The van der Waals surface area contributed by atoms with Crippen LogP contribution >= 0.6 is 0 Å². The summed E-state index contributed by atoms with van der Waals surface area (Å²) in [7, 11) is 0. The van der Waals surface area contributed by atoms with Crippen molar-refractivity contribution in [2.45, 2.75) is 53.0 Å². The second-order valence-electron chi connectivity index (χ2n) is 9.03. The van der Waals surface area contributed by atoms with E-state index in [1.165, 1.54) is 0 Å². The van der Waals surface area contributed by atoms with Gasteiger partial charge in [0.1, 0.15) is 11.8 Å². The highest BCUT2D eigenvalue weighted by molar-refractivity contribution is 6.04. The van der Waals surface area contributed by atoms with Gasteiger partial charge in [0.2, 0.25) is 5.91 Å². The number of hydrogen-bond acceptors (Lipinski definition) is 7. The van der Waals surface area contributed by atoms with Crippen molar-refractivity contribution in [1.82, 2.24) is 24.7 Å². The molecule has 184 valence electrons. The summed E-state index contributed by atoms with van der Waals surface area (Å²) in [5.41, 5.74) is 2.33. The summed E-state index contributed by atoms with van der Waals surface area (Å²) in [4.78, 5) is 41.2. The van der Waals surface area contributed by atoms with Crippen LogP contribution in [0.2, 0.25) is 0 Å². The third-order valence-corrected chi connectivity index (χ3v) is 6.54. The number of amides is 3. The normalized spacial score (nSPS) is 18.9. The van der Waals surface area contributed by atoms with Gasteiger partial charge >= 0.3 is 6.09 Å². The Balaban J connectivity index is 1.39. The largest absolute Gasteiger partial charge is 0.450 e. The first-order valence-corrected chi connectivity index (χ1v) is 11.8. The topological polar surface area (TPSA) is 123 Å². The van der Waals surface area contributed by atoms with Crippen molar-refractivity contribution in [3.05, 3.63) is 28.9 Å². The summed E-state index contributed by atoms with van der Waals surface area (Å²) < 4.78 is 12.0. The lowest BCUT2D eigenvalue weighted by Gasteiger charge is -2.35. The van der Waals surface area contributed by atoms with Crippen molar-refractivity contribution < 1.29 is 23.6 Å². The number of aromatic nitrogens is 3. The van der Waals surface area contributed by atoms with Crippen LogP contribution in [0.1, 0.15) is 60.7 Å². The van der Waals surface area contributed by atoms with Crippen molar-refractivity contribution in [1.29, 1.82) is 0 Å². The minimum Gasteiger partial charge on any atom is -0.450 e. The molecule has 0 radical (unpaired) electrons. The fourth-order valence-corrected chi connectivity index (χ4v) is 4.44. The molecule has 2 aromatic heterocycles. The highest BCUT2D eigenvalue weighted by Gasteiger charge is 2.30. The Kier molecular flexibility index (Phi) is 6.90. The molecule has 0 bridgehead atoms. The molecule has 34 heavy (non-hydrogen) atoms. The number of fused-ring (bicyclic) bond motifs is 1. The molecule has 2 aliphatic rings. The van der Waals surface area contributed by atoms with Gasteiger partial charge in [0.05, 0.1) is 18.0 Å². The average molecular weight is 473 g/mol. The molecule has 1 aliphatic heterocycles. The fourth-order valence-electron chi connectivity index (χ4n) is 4.44. The lowest BCUT2D eigenvalue weighted by atomic mass is 9.88. The van der Waals surface area contributed by atoms with E-state index in [0.29, 0.717) is 55.8 Å². The van der Waals surface area contributed by atoms with Crippen molar-refractivity contribution >= 4 is 23.6 Å². The fraction of sp³-hybridized carbons (Fsp3) is 0.609. The van der Waals surface area contributed by atoms with Crippen LogP contribution in [0, 0.1) is 12.8 Å². The zero-order valence-electron chi connectivity index (χ0n) is 20.2. The number of ether oxygens (including phenoxy) is 1. The van der Waals surface area contributed by atoms with Gasteiger partial charge in [-0.25, -0.2) is 4.79 Å². The van der Waals surface area contributed by atoms with Gasteiger partial charge in [0, 0.05) is 44.4 Å². The molecular weight excluding hydrogens is 440 g/mol. The maximum Gasteiger partial charge on any atom is 0.409 e. The summed E-state index contributed by atoms with van der Waals surface area (Å²) in [6.45, 7) is 9.51. The van der Waals surface area contributed by atoms with Crippen LogP contribution in [0.3, 0.4) is 0 Å². The molecule has 0 spiro atoms. The van der Waals surface area contributed by atoms with Gasteiger partial charge in [-0.3, -0.25) is 14.3 Å². The molecule has 1 fully saturated rings. The molecule has 2 aromatic rings. The number of nitrogens with zero attached hydrogens (tertiary/aromatic N) is 5. The Labute approximate surface area is 198 Å². The Bertz CT molecular complexity index is 1070. The van der Waals surface area contributed by atoms with Crippen LogP contribution in [-0.4, -0.2) is 75.4 Å². The second kappa shape index (κ2) is 9.86. The molecule has 2 atom stereocenters. The van der Waals surface area contributed by atoms with Crippen LogP contribution in [-0.2, 0) is 22.4 Å². The first kappa shape index (κ1) is 23.8. The van der Waals surface area contributed by atoms with Crippen molar-refractivity contribution in [3.8, 4) is 0 Å². The van der Waals surface area contributed by atoms with Gasteiger partial charge in [-0.2, -0.15) is 5.10 Å². The van der Waals surface area contributed by atoms with E-state index >= 15 is 0 Å². The lowest BCUT2D eigenvalue weighted by Crippen LogP contribution is -2.52. The maximum absolute atomic E-state index is 13.0. The quantitative estimate of drug-likeness (QED) is 0.709. The van der Waals surface area contributed by atoms with Crippen LogP contribution < -0.4 is 5.32 Å². The second-order valence-corrected chi connectivity index (χ2v) is 9.03. The molecule has 11 nitrogen and oxygen atoms in total. The van der Waals surface area contributed by atoms with Crippen molar-refractivity contribution in [2.75, 3.05) is 38.1 Å². The Morgan fingerprint density at radius 3 is 2.65 bits per heavy atom. The molecule has 3 heterocycles. The highest BCUT2D eigenvalue weighted by Crippen LogP contribution is 2.28. The number of carbonyl (C=O) groups is 3. The number of piperazine rings is 1. The molecule has 0 saturated carbocycles. The Morgan fingerprint density at radius 2 is 1.94 bits per heavy atom. The van der Waals surface area contributed by atoms with E-state index in [-0.39, 0.29) is 17.9 Å². The van der Waals surface area contributed by atoms with Gasteiger partial charge in [0.25, 0.3) is 5.91 Å². The number of anilines is 1. The van der Waals surface area contributed by atoms with Crippen LogP contribution in [0.25, 0.3) is 0 Å². The van der Waals surface area contributed by atoms with E-state index in [4.69, 9.17) is 9.26 Å². The van der Waals surface area contributed by atoms with Gasteiger partial charge in [0.15, 0.2) is 5.69 Å². The van der Waals surface area contributed by atoms with Crippen molar-refractivity contribution in [2.24, 2.45) is 5.92 Å². The van der Waals surface area contributed by atoms with E-state index in [1.54, 1.807) is 41.4 Å². The highest BCUT2D eigenvalue weighted by atomic mass is 16.6. The predicted molar refractivity (Wildman–Crippen MR) is 122 cm³/mol. The monoisotopic (exact) mass is 472 g/mol. The third kappa shape index (κ3) is 4.78. The zero-order valence-corrected chi connectivity index (χ0v) is 20.2. The average Bonchev–Trinajstić information content (AvgIpc) is 3.41. The Morgan fingerprint density at radius 1 is 1.24 bits per heavy atom. The van der Waals surface area contributed by atoms with Gasteiger partial charge in [-0.05, 0) is 39.5 Å². The third-order valence-electron chi connectivity index (χ3n) is 6.54. The molecule has 11 heteroatoms.